The second kappa shape index (κ2) is 37.6. The Balaban J connectivity index is 4.14. The van der Waals surface area contributed by atoms with Crippen molar-refractivity contribution in [3.63, 3.8) is 0 Å². The molecule has 54 heavy (non-hydrogen) atoms. The Morgan fingerprint density at radius 2 is 1.07 bits per heavy atom. The Morgan fingerprint density at radius 1 is 0.593 bits per heavy atom. The first-order chi connectivity index (χ1) is 26.1. The van der Waals surface area contributed by atoms with Crippen LogP contribution in [0, 0.1) is 0 Å². The summed E-state index contributed by atoms with van der Waals surface area (Å²) in [5.41, 5.74) is 0. The summed E-state index contributed by atoms with van der Waals surface area (Å²) in [5, 5.41) is 0. The quantitative estimate of drug-likeness (QED) is 0.0221. The van der Waals surface area contributed by atoms with Gasteiger partial charge in [0.1, 0.15) is 19.3 Å². The van der Waals surface area contributed by atoms with Crippen LogP contribution in [0.15, 0.2) is 85.1 Å². The summed E-state index contributed by atoms with van der Waals surface area (Å²) >= 11 is 0. The van der Waals surface area contributed by atoms with Gasteiger partial charge in [0, 0.05) is 13.0 Å². The molecule has 9 heteroatoms. The van der Waals surface area contributed by atoms with E-state index in [1.807, 2.05) is 21.1 Å². The maximum atomic E-state index is 12.5. The van der Waals surface area contributed by atoms with Crippen LogP contribution in [0.4, 0.5) is 0 Å². The molecule has 0 bridgehead atoms. The van der Waals surface area contributed by atoms with Crippen molar-refractivity contribution >= 4 is 13.8 Å². The van der Waals surface area contributed by atoms with Gasteiger partial charge in [-0.05, 0) is 70.6 Å². The molecular weight excluding hydrogens is 697 g/mol. The zero-order valence-electron chi connectivity index (χ0n) is 34.9. The van der Waals surface area contributed by atoms with Crippen LogP contribution in [0.2, 0.25) is 0 Å². The van der Waals surface area contributed by atoms with E-state index < -0.39 is 13.9 Å². The van der Waals surface area contributed by atoms with Crippen LogP contribution in [-0.2, 0) is 27.9 Å². The number of allylic oxidation sites excluding steroid dienone is 14. The molecule has 0 aliphatic carbocycles. The van der Waals surface area contributed by atoms with Gasteiger partial charge in [-0.3, -0.25) is 13.8 Å². The number of carbonyl (C=O) groups is 1. The fraction of sp³-hybridized carbons (Fsp3) is 0.667. The van der Waals surface area contributed by atoms with Gasteiger partial charge in [-0.1, -0.05) is 144 Å². The van der Waals surface area contributed by atoms with Crippen LogP contribution in [0.25, 0.3) is 0 Å². The predicted molar refractivity (Wildman–Crippen MR) is 228 cm³/mol. The lowest BCUT2D eigenvalue weighted by atomic mass is 10.1. The van der Waals surface area contributed by atoms with Crippen LogP contribution >= 0.6 is 7.82 Å². The molecule has 1 N–H and O–H groups in total. The molecule has 0 spiro atoms. The van der Waals surface area contributed by atoms with Gasteiger partial charge in [-0.15, -0.1) is 0 Å². The number of phosphoric acid groups is 1. The molecule has 0 aromatic carbocycles. The van der Waals surface area contributed by atoms with E-state index in [4.69, 9.17) is 18.5 Å². The van der Waals surface area contributed by atoms with Gasteiger partial charge in [0.25, 0.3) is 0 Å². The molecule has 0 amide bonds. The third kappa shape index (κ3) is 40.9. The van der Waals surface area contributed by atoms with Gasteiger partial charge in [0.05, 0.1) is 34.4 Å². The van der Waals surface area contributed by atoms with Crippen molar-refractivity contribution in [1.29, 1.82) is 0 Å². The zero-order valence-corrected chi connectivity index (χ0v) is 35.8. The molecular formula is C45H79NO7P+. The molecule has 0 aliphatic heterocycles. The standard InChI is InChI=1S/C45H78NO7P/c1-6-8-10-12-14-15-16-17-18-19-20-21-22-23-24-25-26-27-28-29-30-31-32-33-35-37-40-50-42-44(53-45(47)38-36-34-13-11-9-7-2)43-52-54(48,49)51-41-39-46(3,4)5/h8,10,14-15,17-18,20-21,23-24,26-27,29-30,44H,6-7,9,11-13,16,19,22,25,28,31-43H2,1-5H3/p+1/b10-8-,15-14-,18-17-,21-20-,24-23-,27-26-,30-29-. The van der Waals surface area contributed by atoms with E-state index in [2.05, 4.69) is 98.9 Å². The summed E-state index contributed by atoms with van der Waals surface area (Å²) in [6.45, 7) is 5.34. The van der Waals surface area contributed by atoms with Crippen LogP contribution in [-0.4, -0.2) is 75.6 Å². The van der Waals surface area contributed by atoms with Gasteiger partial charge in [0.2, 0.25) is 0 Å². The average molecular weight is 777 g/mol. The molecule has 0 radical (unpaired) electrons. The van der Waals surface area contributed by atoms with Crippen LogP contribution < -0.4 is 0 Å². The van der Waals surface area contributed by atoms with Crippen LogP contribution in [0.1, 0.15) is 136 Å². The molecule has 2 unspecified atom stereocenters. The van der Waals surface area contributed by atoms with Crippen LogP contribution in [0.5, 0.6) is 0 Å². The van der Waals surface area contributed by atoms with Crippen molar-refractivity contribution in [1.82, 2.24) is 0 Å². The fourth-order valence-electron chi connectivity index (χ4n) is 5.00. The van der Waals surface area contributed by atoms with Crippen molar-refractivity contribution < 1.29 is 37.3 Å². The number of nitrogens with zero attached hydrogens (tertiary/aromatic N) is 1. The zero-order chi connectivity index (χ0) is 39.9. The van der Waals surface area contributed by atoms with Gasteiger partial charge in [-0.25, -0.2) is 4.57 Å². The summed E-state index contributed by atoms with van der Waals surface area (Å²) in [6, 6.07) is 0. The number of rotatable bonds is 37. The van der Waals surface area contributed by atoms with E-state index in [0.717, 1.165) is 96.3 Å². The number of quaternary nitrogens is 1. The maximum absolute atomic E-state index is 12.5. The lowest BCUT2D eigenvalue weighted by molar-refractivity contribution is -0.870. The highest BCUT2D eigenvalue weighted by Gasteiger charge is 2.26. The number of hydrogen-bond acceptors (Lipinski definition) is 6. The molecule has 0 saturated carbocycles. The van der Waals surface area contributed by atoms with Gasteiger partial charge < -0.3 is 18.9 Å². The molecule has 8 nitrogen and oxygen atoms in total. The highest BCUT2D eigenvalue weighted by atomic mass is 31.2. The van der Waals surface area contributed by atoms with E-state index >= 15 is 0 Å². The lowest BCUT2D eigenvalue weighted by Gasteiger charge is -2.24. The van der Waals surface area contributed by atoms with E-state index in [0.29, 0.717) is 24.1 Å². The number of ether oxygens (including phenoxy) is 2. The highest BCUT2D eigenvalue weighted by molar-refractivity contribution is 7.47. The SMILES string of the molecule is CC/C=C\C/C=C\C/C=C\C/C=C\C/C=C\C/C=C\C/C=C\CCCCCCOCC(COP(=O)(O)OCC[N+](C)(C)C)OC(=O)CCCCCCCC. The summed E-state index contributed by atoms with van der Waals surface area (Å²) in [4.78, 5) is 22.6. The Morgan fingerprint density at radius 3 is 1.61 bits per heavy atom. The van der Waals surface area contributed by atoms with Crippen molar-refractivity contribution in [2.24, 2.45) is 0 Å². The Hall–Kier alpha value is -2.32. The minimum Gasteiger partial charge on any atom is -0.457 e. The summed E-state index contributed by atoms with van der Waals surface area (Å²) < 4.78 is 34.7. The molecule has 0 aromatic rings. The monoisotopic (exact) mass is 777 g/mol. The molecule has 2 atom stereocenters. The van der Waals surface area contributed by atoms with Crippen molar-refractivity contribution in [3.8, 4) is 0 Å². The Labute approximate surface area is 331 Å². The number of hydrogen-bond donors (Lipinski definition) is 1. The number of unbranched alkanes of at least 4 members (excludes halogenated alkanes) is 9. The summed E-state index contributed by atoms with van der Waals surface area (Å²) in [7, 11) is 1.63. The van der Waals surface area contributed by atoms with Gasteiger partial charge in [0.15, 0.2) is 0 Å². The largest absolute Gasteiger partial charge is 0.472 e. The summed E-state index contributed by atoms with van der Waals surface area (Å²) in [6.07, 6.45) is 49.4. The smallest absolute Gasteiger partial charge is 0.457 e. The van der Waals surface area contributed by atoms with E-state index in [1.54, 1.807) is 0 Å². The number of carbonyl (C=O) groups excluding carboxylic acids is 1. The molecule has 0 aromatic heterocycles. The van der Waals surface area contributed by atoms with Crippen molar-refractivity contribution in [2.75, 3.05) is 54.1 Å². The van der Waals surface area contributed by atoms with E-state index in [1.165, 1.54) is 19.3 Å². The molecule has 0 rings (SSSR count). The van der Waals surface area contributed by atoms with Crippen molar-refractivity contribution in [3.05, 3.63) is 85.1 Å². The molecule has 0 saturated heterocycles. The minimum atomic E-state index is -4.27. The molecule has 0 fully saturated rings. The van der Waals surface area contributed by atoms with Gasteiger partial charge in [-0.2, -0.15) is 0 Å². The minimum absolute atomic E-state index is 0.0789. The first-order valence-corrected chi connectivity index (χ1v) is 22.3. The Bertz CT molecular complexity index is 1130. The number of esters is 1. The van der Waals surface area contributed by atoms with E-state index in [9.17, 15) is 14.3 Å². The maximum Gasteiger partial charge on any atom is 0.472 e. The third-order valence-electron chi connectivity index (χ3n) is 8.22. The molecule has 310 valence electrons. The predicted octanol–water partition coefficient (Wildman–Crippen LogP) is 12.1. The van der Waals surface area contributed by atoms with Crippen LogP contribution in [0.3, 0.4) is 0 Å². The second-order valence-corrected chi connectivity index (χ2v) is 16.1. The Kier molecular flexibility index (Phi) is 36.0. The van der Waals surface area contributed by atoms with E-state index in [-0.39, 0.29) is 25.8 Å². The average Bonchev–Trinajstić information content (AvgIpc) is 3.12. The fourth-order valence-corrected chi connectivity index (χ4v) is 5.74. The highest BCUT2D eigenvalue weighted by Crippen LogP contribution is 2.43. The number of phosphoric ester groups is 1. The molecule has 0 aliphatic rings. The second-order valence-electron chi connectivity index (χ2n) is 14.6. The molecule has 0 heterocycles. The normalized spacial score (nSPS) is 14.7. The third-order valence-corrected chi connectivity index (χ3v) is 9.21. The lowest BCUT2D eigenvalue weighted by Crippen LogP contribution is -2.37. The van der Waals surface area contributed by atoms with Gasteiger partial charge >= 0.3 is 13.8 Å². The summed E-state index contributed by atoms with van der Waals surface area (Å²) in [5.74, 6) is -0.338. The first-order valence-electron chi connectivity index (χ1n) is 20.8. The van der Waals surface area contributed by atoms with Crippen molar-refractivity contribution in [2.45, 2.75) is 142 Å². The number of likely N-dealkylation sites (N-methyl/N-ethyl adjacent to an activating group) is 1. The topological polar surface area (TPSA) is 91.3 Å². The first kappa shape index (κ1) is 51.7.